The molecular formula is C65H119NO8. The third kappa shape index (κ3) is 57.0. The molecule has 0 aromatic carbocycles. The summed E-state index contributed by atoms with van der Waals surface area (Å²) in [6.07, 6.45) is 67.8. The number of unbranched alkanes of at least 4 members (excludes halogenated alkanes) is 35. The van der Waals surface area contributed by atoms with Crippen LogP contribution in [0.25, 0.3) is 0 Å². The topological polar surface area (TPSA) is 111 Å². The molecule has 0 heterocycles. The lowest BCUT2D eigenvalue weighted by Gasteiger charge is -2.26. The lowest BCUT2D eigenvalue weighted by molar-refractivity contribution is -0.870. The van der Waals surface area contributed by atoms with Gasteiger partial charge in [0.1, 0.15) is 13.2 Å². The number of carboxylic acids is 1. The van der Waals surface area contributed by atoms with Gasteiger partial charge in [-0.05, 0) is 51.4 Å². The molecule has 2 atom stereocenters. The van der Waals surface area contributed by atoms with Gasteiger partial charge in [0.2, 0.25) is 0 Å². The predicted octanol–water partition coefficient (Wildman–Crippen LogP) is 17.3. The number of aliphatic carboxylic acids is 1. The fourth-order valence-corrected chi connectivity index (χ4v) is 9.06. The van der Waals surface area contributed by atoms with Crippen LogP contribution >= 0.6 is 0 Å². The second-order valence-electron chi connectivity index (χ2n) is 22.3. The van der Waals surface area contributed by atoms with E-state index in [1.54, 1.807) is 0 Å². The molecule has 2 unspecified atom stereocenters. The van der Waals surface area contributed by atoms with Gasteiger partial charge in [-0.25, -0.2) is 0 Å². The highest BCUT2D eigenvalue weighted by Crippen LogP contribution is 2.18. The lowest BCUT2D eigenvalue weighted by atomic mass is 10.0. The SMILES string of the molecule is CC/C=C\C/C=C\C/C=C\C/C=C\CCCCC(=O)OC(COC(=O)CCCCCCCCCCCCCCCCCCCCCCCCCCCCCCCCCCCC)COC(OCC[N+](C)(C)C)C(=O)[O-]. The minimum Gasteiger partial charge on any atom is -0.545 e. The van der Waals surface area contributed by atoms with E-state index in [0.29, 0.717) is 17.4 Å². The monoisotopic (exact) mass is 1040 g/mol. The zero-order chi connectivity index (χ0) is 54.1. The highest BCUT2D eigenvalue weighted by Gasteiger charge is 2.22. The summed E-state index contributed by atoms with van der Waals surface area (Å²) < 4.78 is 22.6. The zero-order valence-corrected chi connectivity index (χ0v) is 49.2. The smallest absolute Gasteiger partial charge is 0.306 e. The van der Waals surface area contributed by atoms with Gasteiger partial charge in [-0.2, -0.15) is 0 Å². The Labute approximate surface area is 457 Å². The molecule has 0 N–H and O–H groups in total. The first-order valence-electron chi connectivity index (χ1n) is 31.3. The maximum Gasteiger partial charge on any atom is 0.306 e. The molecule has 0 radical (unpaired) electrons. The van der Waals surface area contributed by atoms with E-state index in [2.05, 4.69) is 62.5 Å². The maximum atomic E-state index is 12.8. The Hall–Kier alpha value is -2.75. The molecule has 0 rings (SSSR count). The van der Waals surface area contributed by atoms with E-state index in [4.69, 9.17) is 18.9 Å². The zero-order valence-electron chi connectivity index (χ0n) is 49.2. The van der Waals surface area contributed by atoms with E-state index in [1.165, 1.54) is 199 Å². The summed E-state index contributed by atoms with van der Waals surface area (Å²) in [6, 6.07) is 0. The van der Waals surface area contributed by atoms with Crippen molar-refractivity contribution < 1.29 is 42.9 Å². The molecule has 9 heteroatoms. The Morgan fingerprint density at radius 2 is 0.770 bits per heavy atom. The summed E-state index contributed by atoms with van der Waals surface area (Å²) in [4.78, 5) is 37.2. The van der Waals surface area contributed by atoms with Gasteiger partial charge in [0.15, 0.2) is 12.4 Å². The van der Waals surface area contributed by atoms with Crippen LogP contribution in [0.3, 0.4) is 0 Å². The van der Waals surface area contributed by atoms with E-state index < -0.39 is 24.3 Å². The van der Waals surface area contributed by atoms with Crippen LogP contribution in [0.4, 0.5) is 0 Å². The van der Waals surface area contributed by atoms with Crippen molar-refractivity contribution >= 4 is 17.9 Å². The van der Waals surface area contributed by atoms with E-state index >= 15 is 0 Å². The highest BCUT2D eigenvalue weighted by molar-refractivity contribution is 5.70. The number of likely N-dealkylation sites (N-methyl/N-ethyl adjacent to an activating group) is 1. The molecule has 432 valence electrons. The van der Waals surface area contributed by atoms with Crippen molar-refractivity contribution in [2.45, 2.75) is 302 Å². The van der Waals surface area contributed by atoms with Crippen molar-refractivity contribution in [3.8, 4) is 0 Å². The van der Waals surface area contributed by atoms with Crippen LogP contribution in [0.2, 0.25) is 0 Å². The van der Waals surface area contributed by atoms with Crippen LogP contribution in [0.5, 0.6) is 0 Å². The number of rotatable bonds is 58. The molecule has 0 amide bonds. The minimum absolute atomic E-state index is 0.139. The van der Waals surface area contributed by atoms with Gasteiger partial charge >= 0.3 is 11.9 Å². The first kappa shape index (κ1) is 71.2. The third-order valence-corrected chi connectivity index (χ3v) is 13.8. The number of allylic oxidation sites excluding steroid dienone is 8. The van der Waals surface area contributed by atoms with Crippen LogP contribution < -0.4 is 5.11 Å². The average Bonchev–Trinajstić information content (AvgIpc) is 3.37. The van der Waals surface area contributed by atoms with Crippen molar-refractivity contribution in [2.75, 3.05) is 47.5 Å². The van der Waals surface area contributed by atoms with Crippen LogP contribution in [-0.4, -0.2) is 82.3 Å². The molecule has 0 bridgehead atoms. The summed E-state index contributed by atoms with van der Waals surface area (Å²) in [5, 5.41) is 11.8. The molecule has 0 saturated carbocycles. The van der Waals surface area contributed by atoms with E-state index in [-0.39, 0.29) is 38.6 Å². The van der Waals surface area contributed by atoms with Crippen LogP contribution in [-0.2, 0) is 33.3 Å². The largest absolute Gasteiger partial charge is 0.545 e. The fourth-order valence-electron chi connectivity index (χ4n) is 9.06. The summed E-state index contributed by atoms with van der Waals surface area (Å²) in [7, 11) is 5.91. The Morgan fingerprint density at radius 3 is 1.15 bits per heavy atom. The van der Waals surface area contributed by atoms with Gasteiger partial charge in [-0.1, -0.05) is 274 Å². The number of carbonyl (C=O) groups excluding carboxylic acids is 3. The van der Waals surface area contributed by atoms with Crippen molar-refractivity contribution in [3.05, 3.63) is 48.6 Å². The molecular weight excluding hydrogens is 923 g/mol. The number of carbonyl (C=O) groups is 3. The quantitative estimate of drug-likeness (QED) is 0.0195. The minimum atomic E-state index is -1.63. The van der Waals surface area contributed by atoms with E-state index in [0.717, 1.165) is 57.8 Å². The Bertz CT molecular complexity index is 1350. The van der Waals surface area contributed by atoms with Crippen molar-refractivity contribution in [3.63, 3.8) is 0 Å². The molecule has 0 aromatic heterocycles. The van der Waals surface area contributed by atoms with Gasteiger partial charge in [0, 0.05) is 12.8 Å². The second kappa shape index (κ2) is 56.5. The standard InChI is InChI=1S/C65H119NO8/c1-6-8-10-12-14-16-18-20-22-23-24-25-26-27-28-29-30-31-32-33-34-35-36-37-38-39-40-42-43-45-47-49-51-53-55-62(67)72-59-61(60-73-65(64(69)70)71-58-57-66(3,4)5)74-63(68)56-54-52-50-48-46-44-41-21-19-17-15-13-11-9-7-2/h9,11,15,17,21,41,46,48,61,65H,6-8,10,12-14,16,18-20,22-40,42-45,47,49-60H2,1-5H3/b11-9-,17-15-,41-21-,48-46-. The third-order valence-electron chi connectivity index (χ3n) is 13.8. The van der Waals surface area contributed by atoms with Crippen molar-refractivity contribution in [1.82, 2.24) is 0 Å². The molecule has 9 nitrogen and oxygen atoms in total. The summed E-state index contributed by atoms with van der Waals surface area (Å²) in [5.41, 5.74) is 0. The van der Waals surface area contributed by atoms with Crippen molar-refractivity contribution in [1.29, 1.82) is 0 Å². The fraction of sp³-hybridized carbons (Fsp3) is 0.831. The Kier molecular flexibility index (Phi) is 54.4. The van der Waals surface area contributed by atoms with E-state index in [1.807, 2.05) is 21.1 Å². The number of esters is 2. The van der Waals surface area contributed by atoms with Crippen LogP contribution in [0.1, 0.15) is 290 Å². The molecule has 0 aliphatic carbocycles. The molecule has 0 saturated heterocycles. The van der Waals surface area contributed by atoms with E-state index in [9.17, 15) is 19.5 Å². The summed E-state index contributed by atoms with van der Waals surface area (Å²) >= 11 is 0. The number of ether oxygens (including phenoxy) is 4. The first-order valence-corrected chi connectivity index (χ1v) is 31.3. The summed E-state index contributed by atoms with van der Waals surface area (Å²) in [6.45, 7) is 4.61. The molecule has 0 aliphatic rings. The van der Waals surface area contributed by atoms with Gasteiger partial charge in [-0.3, -0.25) is 9.59 Å². The molecule has 74 heavy (non-hydrogen) atoms. The van der Waals surface area contributed by atoms with Crippen LogP contribution in [0.15, 0.2) is 48.6 Å². The van der Waals surface area contributed by atoms with Crippen molar-refractivity contribution in [2.24, 2.45) is 0 Å². The first-order chi connectivity index (χ1) is 36.1. The van der Waals surface area contributed by atoms with Gasteiger partial charge in [0.05, 0.1) is 40.3 Å². The molecule has 0 fully saturated rings. The van der Waals surface area contributed by atoms with Gasteiger partial charge < -0.3 is 33.3 Å². The molecule has 0 aromatic rings. The van der Waals surface area contributed by atoms with Gasteiger partial charge in [-0.15, -0.1) is 0 Å². The number of hydrogen-bond acceptors (Lipinski definition) is 8. The number of nitrogens with zero attached hydrogens (tertiary/aromatic N) is 1. The average molecular weight is 1040 g/mol. The lowest BCUT2D eigenvalue weighted by Crippen LogP contribution is -2.44. The summed E-state index contributed by atoms with van der Waals surface area (Å²) in [5.74, 6) is -2.33. The Morgan fingerprint density at radius 1 is 0.419 bits per heavy atom. The normalized spacial score (nSPS) is 13.0. The molecule has 0 spiro atoms. The van der Waals surface area contributed by atoms with Crippen LogP contribution in [0, 0.1) is 0 Å². The van der Waals surface area contributed by atoms with Gasteiger partial charge in [0.25, 0.3) is 0 Å². The predicted molar refractivity (Wildman–Crippen MR) is 311 cm³/mol. The second-order valence-corrected chi connectivity index (χ2v) is 22.3. The Balaban J connectivity index is 4.02. The maximum absolute atomic E-state index is 12.8. The highest BCUT2D eigenvalue weighted by atomic mass is 16.7. The number of carboxylic acid groups (broad SMARTS) is 1. The number of quaternary nitrogens is 1. The molecule has 0 aliphatic heterocycles. The number of hydrogen-bond donors (Lipinski definition) is 0.